The Morgan fingerprint density at radius 3 is 2.56 bits per heavy atom. The fraction of sp³-hybridized carbons (Fsp3) is 0.0769. The van der Waals surface area contributed by atoms with Crippen LogP contribution in [0, 0.1) is 5.82 Å². The summed E-state index contributed by atoms with van der Waals surface area (Å²) in [5.74, 6) is -0.546. The fourth-order valence-corrected chi connectivity index (χ4v) is 5.01. The maximum Gasteiger partial charge on any atom is 0.298 e. The molecule has 1 saturated heterocycles. The minimum atomic E-state index is -0.404. The van der Waals surface area contributed by atoms with Gasteiger partial charge in [-0.25, -0.2) is 9.29 Å². The number of halogens is 2. The van der Waals surface area contributed by atoms with E-state index in [0.29, 0.717) is 17.1 Å². The van der Waals surface area contributed by atoms with E-state index in [0.717, 1.165) is 32.7 Å². The molecule has 0 aliphatic carbocycles. The van der Waals surface area contributed by atoms with Crippen molar-refractivity contribution < 1.29 is 18.7 Å². The van der Waals surface area contributed by atoms with Gasteiger partial charge in [-0.3, -0.25) is 9.59 Å². The maximum atomic E-state index is 13.9. The van der Waals surface area contributed by atoms with Gasteiger partial charge < -0.3 is 9.30 Å². The first kappa shape index (κ1) is 22.4. The van der Waals surface area contributed by atoms with E-state index in [2.05, 4.69) is 15.9 Å². The molecule has 170 valence electrons. The van der Waals surface area contributed by atoms with Gasteiger partial charge >= 0.3 is 0 Å². The average Bonchev–Trinajstić information content (AvgIpc) is 3.31. The molecule has 1 aliphatic rings. The minimum Gasteiger partial charge on any atom is -0.489 e. The number of amides is 2. The molecular formula is C26H18BrFN2O3S. The zero-order valence-corrected chi connectivity index (χ0v) is 20.2. The smallest absolute Gasteiger partial charge is 0.298 e. The van der Waals surface area contributed by atoms with Crippen LogP contribution in [0.15, 0.2) is 88.4 Å². The molecule has 0 spiro atoms. The van der Waals surface area contributed by atoms with Crippen LogP contribution in [0.4, 0.5) is 14.9 Å². The molecule has 0 atom stereocenters. The van der Waals surface area contributed by atoms with Crippen molar-refractivity contribution in [1.29, 1.82) is 0 Å². The molecule has 1 aromatic heterocycles. The van der Waals surface area contributed by atoms with Gasteiger partial charge in [-0.1, -0.05) is 46.3 Å². The Kier molecular flexibility index (Phi) is 6.26. The lowest BCUT2D eigenvalue weighted by molar-refractivity contribution is -0.113. The Bertz CT molecular complexity index is 1430. The molecule has 3 aromatic carbocycles. The van der Waals surface area contributed by atoms with Gasteiger partial charge in [0.05, 0.1) is 17.1 Å². The number of hydrogen-bond donors (Lipinski definition) is 0. The predicted molar refractivity (Wildman–Crippen MR) is 136 cm³/mol. The van der Waals surface area contributed by atoms with Crippen LogP contribution in [0.2, 0.25) is 0 Å². The molecule has 8 heteroatoms. The van der Waals surface area contributed by atoms with Crippen LogP contribution < -0.4 is 9.64 Å². The number of aromatic nitrogens is 1. The van der Waals surface area contributed by atoms with E-state index in [-0.39, 0.29) is 23.5 Å². The van der Waals surface area contributed by atoms with Gasteiger partial charge in [0.25, 0.3) is 11.1 Å². The molecular weight excluding hydrogens is 519 g/mol. The maximum absolute atomic E-state index is 13.9. The Hall–Kier alpha value is -3.36. The SMILES string of the molecule is O=C1S/C(=C\c2cn(CCOc3ccccc3F)c3ccc(Br)cc23)C(=O)N1c1ccccc1. The molecule has 4 aromatic rings. The first-order chi connectivity index (χ1) is 16.5. The number of imide groups is 1. The Morgan fingerprint density at radius 2 is 1.76 bits per heavy atom. The van der Waals surface area contributed by atoms with Crippen molar-refractivity contribution in [2.45, 2.75) is 6.54 Å². The van der Waals surface area contributed by atoms with Gasteiger partial charge in [0.15, 0.2) is 11.6 Å². The third-order valence-electron chi connectivity index (χ3n) is 5.40. The van der Waals surface area contributed by atoms with Crippen LogP contribution in [0.5, 0.6) is 5.75 Å². The molecule has 0 radical (unpaired) electrons. The molecule has 0 unspecified atom stereocenters. The Balaban J connectivity index is 1.44. The van der Waals surface area contributed by atoms with Gasteiger partial charge in [0, 0.05) is 27.1 Å². The molecule has 2 heterocycles. The number of para-hydroxylation sites is 2. The second kappa shape index (κ2) is 9.48. The summed E-state index contributed by atoms with van der Waals surface area (Å²) in [7, 11) is 0. The summed E-state index contributed by atoms with van der Waals surface area (Å²) in [5, 5.41) is 0.595. The van der Waals surface area contributed by atoms with E-state index in [9.17, 15) is 14.0 Å². The van der Waals surface area contributed by atoms with Crippen molar-refractivity contribution in [2.75, 3.05) is 11.5 Å². The van der Waals surface area contributed by atoms with Crippen molar-refractivity contribution >= 4 is 61.5 Å². The summed E-state index contributed by atoms with van der Waals surface area (Å²) in [5.41, 5.74) is 2.29. The summed E-state index contributed by atoms with van der Waals surface area (Å²) in [4.78, 5) is 27.2. The summed E-state index contributed by atoms with van der Waals surface area (Å²) < 4.78 is 22.4. The third-order valence-corrected chi connectivity index (χ3v) is 6.76. The van der Waals surface area contributed by atoms with Gasteiger partial charge in [0.2, 0.25) is 0 Å². The number of hydrogen-bond acceptors (Lipinski definition) is 4. The number of fused-ring (bicyclic) bond motifs is 1. The lowest BCUT2D eigenvalue weighted by atomic mass is 10.1. The van der Waals surface area contributed by atoms with Crippen LogP contribution in [0.25, 0.3) is 17.0 Å². The predicted octanol–water partition coefficient (Wildman–Crippen LogP) is 6.86. The lowest BCUT2D eigenvalue weighted by Gasteiger charge is -2.11. The summed E-state index contributed by atoms with van der Waals surface area (Å²) in [6.07, 6.45) is 3.66. The third kappa shape index (κ3) is 4.38. The number of anilines is 1. The van der Waals surface area contributed by atoms with E-state index in [1.54, 1.807) is 48.5 Å². The summed E-state index contributed by atoms with van der Waals surface area (Å²) >= 11 is 4.43. The highest BCUT2D eigenvalue weighted by molar-refractivity contribution is 9.10. The highest BCUT2D eigenvalue weighted by Gasteiger charge is 2.36. The van der Waals surface area contributed by atoms with Crippen molar-refractivity contribution in [1.82, 2.24) is 4.57 Å². The molecule has 0 saturated carbocycles. The molecule has 0 N–H and O–H groups in total. The van der Waals surface area contributed by atoms with Crippen LogP contribution >= 0.6 is 27.7 Å². The van der Waals surface area contributed by atoms with Crippen LogP contribution in [0.3, 0.4) is 0 Å². The molecule has 34 heavy (non-hydrogen) atoms. The quantitative estimate of drug-likeness (QED) is 0.252. The number of carbonyl (C=O) groups excluding carboxylic acids is 2. The minimum absolute atomic E-state index is 0.205. The summed E-state index contributed by atoms with van der Waals surface area (Å²) in [6, 6.07) is 21.0. The summed E-state index contributed by atoms with van der Waals surface area (Å²) in [6.45, 7) is 0.747. The van der Waals surface area contributed by atoms with E-state index in [1.807, 2.05) is 35.0 Å². The molecule has 5 rings (SSSR count). The molecule has 0 bridgehead atoms. The molecule has 1 aliphatic heterocycles. The number of benzene rings is 3. The lowest BCUT2D eigenvalue weighted by Crippen LogP contribution is -2.27. The van der Waals surface area contributed by atoms with Gasteiger partial charge in [-0.2, -0.15) is 0 Å². The van der Waals surface area contributed by atoms with Crippen LogP contribution in [-0.4, -0.2) is 22.3 Å². The molecule has 5 nitrogen and oxygen atoms in total. The molecule has 2 amide bonds. The van der Waals surface area contributed by atoms with Gasteiger partial charge in [0.1, 0.15) is 6.61 Å². The second-order valence-electron chi connectivity index (χ2n) is 7.57. The first-order valence-electron chi connectivity index (χ1n) is 10.5. The Morgan fingerprint density at radius 1 is 1.00 bits per heavy atom. The van der Waals surface area contributed by atoms with Crippen molar-refractivity contribution in [3.8, 4) is 5.75 Å². The van der Waals surface area contributed by atoms with E-state index in [4.69, 9.17) is 4.74 Å². The van der Waals surface area contributed by atoms with E-state index in [1.165, 1.54) is 11.0 Å². The number of ether oxygens (including phenoxy) is 1. The van der Waals surface area contributed by atoms with Crippen LogP contribution in [-0.2, 0) is 11.3 Å². The number of rotatable bonds is 6. The van der Waals surface area contributed by atoms with Crippen LogP contribution in [0.1, 0.15) is 5.56 Å². The monoisotopic (exact) mass is 536 g/mol. The number of carbonyl (C=O) groups is 2. The van der Waals surface area contributed by atoms with Gasteiger partial charge in [-0.05, 0) is 60.3 Å². The zero-order valence-electron chi connectivity index (χ0n) is 17.8. The first-order valence-corrected chi connectivity index (χ1v) is 12.1. The van der Waals surface area contributed by atoms with Gasteiger partial charge in [-0.15, -0.1) is 0 Å². The Labute approximate surface area is 207 Å². The van der Waals surface area contributed by atoms with E-state index >= 15 is 0 Å². The van der Waals surface area contributed by atoms with E-state index < -0.39 is 5.82 Å². The average molecular weight is 537 g/mol. The number of nitrogens with zero attached hydrogens (tertiary/aromatic N) is 2. The van der Waals surface area contributed by atoms with Crippen molar-refractivity contribution in [2.24, 2.45) is 0 Å². The fourth-order valence-electron chi connectivity index (χ4n) is 3.82. The van der Waals surface area contributed by atoms with Crippen molar-refractivity contribution in [3.05, 3.63) is 99.8 Å². The highest BCUT2D eigenvalue weighted by atomic mass is 79.9. The zero-order chi connectivity index (χ0) is 23.7. The second-order valence-corrected chi connectivity index (χ2v) is 9.48. The number of thioether (sulfide) groups is 1. The normalized spacial score (nSPS) is 15.0. The largest absolute Gasteiger partial charge is 0.489 e. The molecule has 1 fully saturated rings. The topological polar surface area (TPSA) is 51.5 Å². The van der Waals surface area contributed by atoms with Crippen molar-refractivity contribution in [3.63, 3.8) is 0 Å². The highest BCUT2D eigenvalue weighted by Crippen LogP contribution is 2.37. The standard InChI is InChI=1S/C26H18BrFN2O3S/c27-18-10-11-22-20(15-18)17(16-29(22)12-13-33-23-9-5-4-8-21(23)28)14-24-25(31)30(26(32)34-24)19-6-2-1-3-7-19/h1-11,14-16H,12-13H2/b24-14-.